The summed E-state index contributed by atoms with van der Waals surface area (Å²) < 4.78 is 5.25. The molecule has 0 saturated heterocycles. The van der Waals surface area contributed by atoms with Crippen LogP contribution >= 0.6 is 0 Å². The molecular weight excluding hydrogens is 314 g/mol. The van der Waals surface area contributed by atoms with Gasteiger partial charge in [-0.1, -0.05) is 69.3 Å². The van der Waals surface area contributed by atoms with Crippen molar-refractivity contribution in [3.05, 3.63) is 54.6 Å². The first-order valence-corrected chi connectivity index (χ1v) is 8.41. The van der Waals surface area contributed by atoms with Gasteiger partial charge in [-0.2, -0.15) is 0 Å². The SMILES string of the molecule is C[C@@H](OC(=O)CC(C)(C)C)C(=O)Nc1ccccc1-c1ccccc1. The fraction of sp³-hybridized carbons (Fsp3) is 0.333. The molecule has 0 aliphatic carbocycles. The highest BCUT2D eigenvalue weighted by Crippen LogP contribution is 2.27. The number of rotatable bonds is 5. The first-order valence-electron chi connectivity index (χ1n) is 8.41. The van der Waals surface area contributed by atoms with Gasteiger partial charge in [0.25, 0.3) is 5.91 Å². The molecule has 0 aromatic heterocycles. The summed E-state index contributed by atoms with van der Waals surface area (Å²) in [6, 6.07) is 17.4. The Balaban J connectivity index is 2.07. The van der Waals surface area contributed by atoms with Crippen molar-refractivity contribution >= 4 is 17.6 Å². The van der Waals surface area contributed by atoms with Gasteiger partial charge < -0.3 is 10.1 Å². The first-order chi connectivity index (χ1) is 11.8. The van der Waals surface area contributed by atoms with Gasteiger partial charge in [-0.15, -0.1) is 0 Å². The third-order valence-electron chi connectivity index (χ3n) is 3.62. The number of anilines is 1. The number of nitrogens with one attached hydrogen (secondary N) is 1. The van der Waals surface area contributed by atoms with Crippen molar-refractivity contribution in [2.75, 3.05) is 5.32 Å². The maximum Gasteiger partial charge on any atom is 0.307 e. The summed E-state index contributed by atoms with van der Waals surface area (Å²) in [5.74, 6) is -0.711. The minimum atomic E-state index is -0.848. The summed E-state index contributed by atoms with van der Waals surface area (Å²) in [5, 5.41) is 2.86. The summed E-state index contributed by atoms with van der Waals surface area (Å²) in [6.07, 6.45) is -0.579. The van der Waals surface area contributed by atoms with Gasteiger partial charge in [-0.3, -0.25) is 9.59 Å². The zero-order valence-corrected chi connectivity index (χ0v) is 15.2. The highest BCUT2D eigenvalue weighted by Gasteiger charge is 2.22. The first kappa shape index (κ1) is 18.7. The highest BCUT2D eigenvalue weighted by molar-refractivity contribution is 5.98. The molecular formula is C21H25NO3. The molecule has 2 aromatic carbocycles. The third kappa shape index (κ3) is 5.75. The molecule has 132 valence electrons. The Kier molecular flexibility index (Phi) is 5.97. The van der Waals surface area contributed by atoms with Crippen molar-refractivity contribution in [1.29, 1.82) is 0 Å². The number of hydrogen-bond acceptors (Lipinski definition) is 3. The van der Waals surface area contributed by atoms with E-state index in [9.17, 15) is 9.59 Å². The van der Waals surface area contributed by atoms with E-state index < -0.39 is 6.10 Å². The molecule has 0 saturated carbocycles. The molecule has 0 spiro atoms. The second kappa shape index (κ2) is 7.97. The van der Waals surface area contributed by atoms with Crippen LogP contribution in [-0.4, -0.2) is 18.0 Å². The molecule has 25 heavy (non-hydrogen) atoms. The van der Waals surface area contributed by atoms with Crippen LogP contribution in [0.3, 0.4) is 0 Å². The van der Waals surface area contributed by atoms with Gasteiger partial charge in [0.05, 0.1) is 6.42 Å². The lowest BCUT2D eigenvalue weighted by molar-refractivity contribution is -0.154. The number of esters is 1. The molecule has 0 bridgehead atoms. The number of carbonyl (C=O) groups excluding carboxylic acids is 2. The van der Waals surface area contributed by atoms with E-state index in [1.165, 1.54) is 0 Å². The molecule has 2 aromatic rings. The number of amides is 1. The summed E-state index contributed by atoms with van der Waals surface area (Å²) >= 11 is 0. The zero-order valence-electron chi connectivity index (χ0n) is 15.2. The Hall–Kier alpha value is -2.62. The van der Waals surface area contributed by atoms with Crippen LogP contribution in [0.25, 0.3) is 11.1 Å². The van der Waals surface area contributed by atoms with E-state index in [4.69, 9.17) is 4.74 Å². The molecule has 0 aliphatic heterocycles. The zero-order chi connectivity index (χ0) is 18.4. The number of para-hydroxylation sites is 1. The predicted molar refractivity (Wildman–Crippen MR) is 100 cm³/mol. The van der Waals surface area contributed by atoms with Gasteiger partial charge in [-0.05, 0) is 24.0 Å². The maximum absolute atomic E-state index is 12.4. The van der Waals surface area contributed by atoms with Gasteiger partial charge in [0.15, 0.2) is 6.10 Å². The minimum Gasteiger partial charge on any atom is -0.453 e. The Labute approximate surface area is 149 Å². The van der Waals surface area contributed by atoms with Crippen LogP contribution in [-0.2, 0) is 14.3 Å². The van der Waals surface area contributed by atoms with Crippen LogP contribution in [0.5, 0.6) is 0 Å². The Bertz CT molecular complexity index is 732. The number of ether oxygens (including phenoxy) is 1. The van der Waals surface area contributed by atoms with E-state index >= 15 is 0 Å². The second-order valence-corrected chi connectivity index (χ2v) is 7.27. The van der Waals surface area contributed by atoms with Crippen molar-refractivity contribution in [1.82, 2.24) is 0 Å². The van der Waals surface area contributed by atoms with E-state index in [0.29, 0.717) is 5.69 Å². The monoisotopic (exact) mass is 339 g/mol. The molecule has 0 fully saturated rings. The standard InChI is InChI=1S/C21H25NO3/c1-15(25-19(23)14-21(2,3)4)20(24)22-18-13-9-8-12-17(18)16-10-6-5-7-11-16/h5-13,15H,14H2,1-4H3,(H,22,24)/t15-/m1/s1. The van der Waals surface area contributed by atoms with Crippen LogP contribution in [0.2, 0.25) is 0 Å². The average molecular weight is 339 g/mol. The summed E-state index contributed by atoms with van der Waals surface area (Å²) in [5.41, 5.74) is 2.45. The quantitative estimate of drug-likeness (QED) is 0.806. The van der Waals surface area contributed by atoms with Crippen LogP contribution in [0.1, 0.15) is 34.1 Å². The molecule has 1 N–H and O–H groups in total. The van der Waals surface area contributed by atoms with Crippen molar-refractivity contribution < 1.29 is 14.3 Å². The van der Waals surface area contributed by atoms with E-state index in [1.54, 1.807) is 6.92 Å². The lowest BCUT2D eigenvalue weighted by atomic mass is 9.92. The number of hydrogen-bond donors (Lipinski definition) is 1. The van der Waals surface area contributed by atoms with Crippen LogP contribution in [0.15, 0.2) is 54.6 Å². The van der Waals surface area contributed by atoms with Gasteiger partial charge in [0.2, 0.25) is 0 Å². The van der Waals surface area contributed by atoms with Gasteiger partial charge >= 0.3 is 5.97 Å². The molecule has 4 nitrogen and oxygen atoms in total. The largest absolute Gasteiger partial charge is 0.453 e. The fourth-order valence-electron chi connectivity index (χ4n) is 2.42. The average Bonchev–Trinajstić information content (AvgIpc) is 2.54. The predicted octanol–water partition coefficient (Wildman–Crippen LogP) is 4.66. The van der Waals surface area contributed by atoms with Crippen molar-refractivity contribution in [3.8, 4) is 11.1 Å². The Morgan fingerprint density at radius 2 is 1.60 bits per heavy atom. The van der Waals surface area contributed by atoms with Gasteiger partial charge in [-0.25, -0.2) is 0 Å². The smallest absolute Gasteiger partial charge is 0.307 e. The van der Waals surface area contributed by atoms with E-state index in [2.05, 4.69) is 5.32 Å². The Morgan fingerprint density at radius 1 is 1.00 bits per heavy atom. The topological polar surface area (TPSA) is 55.4 Å². The normalized spacial score (nSPS) is 12.3. The van der Waals surface area contributed by atoms with Crippen LogP contribution < -0.4 is 5.32 Å². The Morgan fingerprint density at radius 3 is 2.24 bits per heavy atom. The summed E-state index contributed by atoms with van der Waals surface area (Å²) in [4.78, 5) is 24.3. The van der Waals surface area contributed by atoms with Crippen LogP contribution in [0, 0.1) is 5.41 Å². The van der Waals surface area contributed by atoms with Gasteiger partial charge in [0, 0.05) is 11.3 Å². The van der Waals surface area contributed by atoms with Gasteiger partial charge in [0.1, 0.15) is 0 Å². The lowest BCUT2D eigenvalue weighted by Gasteiger charge is -2.19. The van der Waals surface area contributed by atoms with Crippen molar-refractivity contribution in [2.24, 2.45) is 5.41 Å². The number of benzene rings is 2. The van der Waals surface area contributed by atoms with Crippen molar-refractivity contribution in [2.45, 2.75) is 40.2 Å². The van der Waals surface area contributed by atoms with Crippen LogP contribution in [0.4, 0.5) is 5.69 Å². The molecule has 0 radical (unpaired) electrons. The number of carbonyl (C=O) groups is 2. The molecule has 0 aliphatic rings. The lowest BCUT2D eigenvalue weighted by Crippen LogP contribution is -2.31. The molecule has 4 heteroatoms. The maximum atomic E-state index is 12.4. The molecule has 2 rings (SSSR count). The third-order valence-corrected chi connectivity index (χ3v) is 3.62. The second-order valence-electron chi connectivity index (χ2n) is 7.27. The van der Waals surface area contributed by atoms with E-state index in [0.717, 1.165) is 11.1 Å². The molecule has 1 amide bonds. The minimum absolute atomic E-state index is 0.173. The molecule has 0 unspecified atom stereocenters. The summed E-state index contributed by atoms with van der Waals surface area (Å²) in [6.45, 7) is 7.44. The van der Waals surface area contributed by atoms with E-state index in [-0.39, 0.29) is 23.7 Å². The van der Waals surface area contributed by atoms with Crippen molar-refractivity contribution in [3.63, 3.8) is 0 Å². The van der Waals surface area contributed by atoms with E-state index in [1.807, 2.05) is 75.4 Å². The summed E-state index contributed by atoms with van der Waals surface area (Å²) in [7, 11) is 0. The molecule has 1 atom stereocenters. The fourth-order valence-corrected chi connectivity index (χ4v) is 2.42. The molecule has 0 heterocycles. The highest BCUT2D eigenvalue weighted by atomic mass is 16.5.